The Bertz CT molecular complexity index is 987. The van der Waals surface area contributed by atoms with Gasteiger partial charge in [0, 0.05) is 18.8 Å². The minimum Gasteiger partial charge on any atom is -0.444 e. The molecule has 2 N–H and O–H groups in total. The van der Waals surface area contributed by atoms with Gasteiger partial charge in [-0.3, -0.25) is 14.5 Å². The van der Waals surface area contributed by atoms with Crippen LogP contribution in [-0.4, -0.2) is 32.4 Å². The number of aromatic nitrogens is 3. The van der Waals surface area contributed by atoms with Gasteiger partial charge in [0.1, 0.15) is 5.60 Å². The SMILES string of the molecule is CC(C)[C@H]1/C=C\C[C@H](NC(=O)OC(C)(C)C)c2cc(ccn2)-c2c(cnn2C)NC1=O. The average molecular weight is 426 g/mol. The first-order valence-electron chi connectivity index (χ1n) is 10.5. The predicted octanol–water partition coefficient (Wildman–Crippen LogP) is 4.22. The van der Waals surface area contributed by atoms with Gasteiger partial charge >= 0.3 is 6.09 Å². The molecule has 2 atom stereocenters. The molecule has 0 fully saturated rings. The number of hydrogen-bond acceptors (Lipinski definition) is 5. The fourth-order valence-corrected chi connectivity index (χ4v) is 3.55. The number of pyridine rings is 1. The zero-order valence-electron chi connectivity index (χ0n) is 19.0. The molecule has 1 aliphatic heterocycles. The molecule has 3 rings (SSSR count). The average Bonchev–Trinajstić information content (AvgIpc) is 3.01. The number of carbonyl (C=O) groups is 2. The normalized spacial score (nSPS) is 20.2. The number of nitrogens with one attached hydrogen (secondary N) is 2. The van der Waals surface area contributed by atoms with Crippen LogP contribution in [0.4, 0.5) is 10.5 Å². The standard InChI is InChI=1S/C23H31N5O3/c1-14(2)16-8-7-9-17(27-22(30)31-23(3,4)5)18-12-15(10-11-24-18)20-19(26-21(16)29)13-25-28(20)6/h7-8,10-14,16-17H,9H2,1-6H3,(H,26,29)(H,27,30)/b8-7-/t16-,17+/m1/s1. The van der Waals surface area contributed by atoms with E-state index in [2.05, 4.69) is 20.7 Å². The lowest BCUT2D eigenvalue weighted by Gasteiger charge is -2.24. The van der Waals surface area contributed by atoms with Gasteiger partial charge in [0.15, 0.2) is 0 Å². The summed E-state index contributed by atoms with van der Waals surface area (Å²) in [5.74, 6) is -0.305. The van der Waals surface area contributed by atoms with Crippen LogP contribution in [0.15, 0.2) is 36.7 Å². The number of anilines is 1. The maximum absolute atomic E-state index is 13.0. The first-order chi connectivity index (χ1) is 14.5. The molecule has 31 heavy (non-hydrogen) atoms. The molecule has 1 aliphatic rings. The summed E-state index contributed by atoms with van der Waals surface area (Å²) < 4.78 is 7.16. The Labute approximate surface area is 183 Å². The van der Waals surface area contributed by atoms with Crippen LogP contribution in [0, 0.1) is 11.8 Å². The highest BCUT2D eigenvalue weighted by molar-refractivity contribution is 5.97. The molecule has 2 aromatic rings. The first-order valence-corrected chi connectivity index (χ1v) is 10.5. The van der Waals surface area contributed by atoms with Gasteiger partial charge < -0.3 is 15.4 Å². The molecule has 0 unspecified atom stereocenters. The number of ether oxygens (including phenoxy) is 1. The van der Waals surface area contributed by atoms with Crippen LogP contribution in [0.1, 0.15) is 52.8 Å². The molecule has 2 bridgehead atoms. The van der Waals surface area contributed by atoms with Crippen molar-refractivity contribution in [2.45, 2.75) is 52.7 Å². The zero-order valence-corrected chi connectivity index (χ0v) is 19.0. The van der Waals surface area contributed by atoms with E-state index < -0.39 is 17.7 Å². The summed E-state index contributed by atoms with van der Waals surface area (Å²) in [6.45, 7) is 9.47. The molecule has 2 aromatic heterocycles. The highest BCUT2D eigenvalue weighted by Crippen LogP contribution is 2.31. The molecular weight excluding hydrogens is 394 g/mol. The predicted molar refractivity (Wildman–Crippen MR) is 119 cm³/mol. The lowest BCUT2D eigenvalue weighted by molar-refractivity contribution is -0.119. The van der Waals surface area contributed by atoms with Crippen molar-refractivity contribution in [2.24, 2.45) is 18.9 Å². The number of carbonyl (C=O) groups excluding carboxylic acids is 2. The van der Waals surface area contributed by atoms with E-state index in [0.717, 1.165) is 11.3 Å². The summed E-state index contributed by atoms with van der Waals surface area (Å²) in [4.78, 5) is 30.0. The second kappa shape index (κ2) is 8.91. The van der Waals surface area contributed by atoms with E-state index in [9.17, 15) is 9.59 Å². The number of amides is 2. The van der Waals surface area contributed by atoms with Gasteiger partial charge in [0.05, 0.1) is 35.2 Å². The maximum atomic E-state index is 13.0. The molecule has 0 saturated carbocycles. The van der Waals surface area contributed by atoms with E-state index in [1.54, 1.807) is 17.1 Å². The molecular formula is C23H31N5O3. The number of rotatable bonds is 2. The van der Waals surface area contributed by atoms with E-state index in [0.29, 0.717) is 17.8 Å². The summed E-state index contributed by atoms with van der Waals surface area (Å²) >= 11 is 0. The van der Waals surface area contributed by atoms with Crippen molar-refractivity contribution in [3.63, 3.8) is 0 Å². The maximum Gasteiger partial charge on any atom is 0.408 e. The van der Waals surface area contributed by atoms with Crippen LogP contribution in [0.25, 0.3) is 11.3 Å². The summed E-state index contributed by atoms with van der Waals surface area (Å²) in [6, 6.07) is 3.37. The van der Waals surface area contributed by atoms with E-state index in [1.165, 1.54) is 0 Å². The van der Waals surface area contributed by atoms with E-state index in [1.807, 2.05) is 66.0 Å². The highest BCUT2D eigenvalue weighted by Gasteiger charge is 2.25. The second-order valence-electron chi connectivity index (χ2n) is 9.12. The van der Waals surface area contributed by atoms with Crippen molar-refractivity contribution >= 4 is 17.7 Å². The molecule has 0 saturated heterocycles. The molecule has 0 radical (unpaired) electrons. The van der Waals surface area contributed by atoms with Gasteiger partial charge in [0.2, 0.25) is 5.91 Å². The Morgan fingerprint density at radius 1 is 1.35 bits per heavy atom. The van der Waals surface area contributed by atoms with Gasteiger partial charge in [-0.15, -0.1) is 0 Å². The fourth-order valence-electron chi connectivity index (χ4n) is 3.55. The monoisotopic (exact) mass is 425 g/mol. The third-order valence-corrected chi connectivity index (χ3v) is 5.04. The first kappa shape index (κ1) is 22.5. The van der Waals surface area contributed by atoms with Crippen molar-refractivity contribution in [1.82, 2.24) is 20.1 Å². The van der Waals surface area contributed by atoms with Crippen LogP contribution in [0.2, 0.25) is 0 Å². The van der Waals surface area contributed by atoms with Crippen molar-refractivity contribution in [1.29, 1.82) is 0 Å². The van der Waals surface area contributed by atoms with Gasteiger partial charge in [-0.25, -0.2) is 4.79 Å². The van der Waals surface area contributed by atoms with Gasteiger partial charge in [-0.05, 0) is 45.2 Å². The smallest absolute Gasteiger partial charge is 0.408 e. The second-order valence-corrected chi connectivity index (χ2v) is 9.12. The largest absolute Gasteiger partial charge is 0.444 e. The van der Waals surface area contributed by atoms with Crippen LogP contribution in [-0.2, 0) is 16.6 Å². The number of alkyl carbamates (subject to hydrolysis) is 1. The molecule has 8 nitrogen and oxygen atoms in total. The number of hydrogen-bond donors (Lipinski definition) is 2. The Kier molecular flexibility index (Phi) is 6.48. The molecule has 8 heteroatoms. The summed E-state index contributed by atoms with van der Waals surface area (Å²) in [5.41, 5.74) is 2.36. The lowest BCUT2D eigenvalue weighted by atomic mass is 9.93. The Morgan fingerprint density at radius 3 is 2.77 bits per heavy atom. The van der Waals surface area contributed by atoms with Gasteiger partial charge in [0.25, 0.3) is 0 Å². The number of nitrogens with zero attached hydrogens (tertiary/aromatic N) is 3. The quantitative estimate of drug-likeness (QED) is 0.702. The Hall–Kier alpha value is -3.16. The van der Waals surface area contributed by atoms with Crippen LogP contribution >= 0.6 is 0 Å². The molecule has 0 aliphatic carbocycles. The number of aryl methyl sites for hydroxylation is 1. The zero-order chi connectivity index (χ0) is 22.8. The molecule has 166 valence electrons. The third kappa shape index (κ3) is 5.51. The van der Waals surface area contributed by atoms with Crippen molar-refractivity contribution in [3.05, 3.63) is 42.4 Å². The van der Waals surface area contributed by atoms with Crippen LogP contribution in [0.3, 0.4) is 0 Å². The van der Waals surface area contributed by atoms with Crippen molar-refractivity contribution in [3.8, 4) is 11.3 Å². The van der Waals surface area contributed by atoms with Crippen LogP contribution < -0.4 is 10.6 Å². The van der Waals surface area contributed by atoms with Gasteiger partial charge in [-0.2, -0.15) is 5.10 Å². The highest BCUT2D eigenvalue weighted by atomic mass is 16.6. The topological polar surface area (TPSA) is 98.1 Å². The van der Waals surface area contributed by atoms with E-state index in [4.69, 9.17) is 4.74 Å². The minimum atomic E-state index is -0.606. The number of fused-ring (bicyclic) bond motifs is 4. The summed E-state index contributed by atoms with van der Waals surface area (Å²) in [5, 5.41) is 10.3. The van der Waals surface area contributed by atoms with Gasteiger partial charge in [-0.1, -0.05) is 26.0 Å². The van der Waals surface area contributed by atoms with Crippen molar-refractivity contribution < 1.29 is 14.3 Å². The van der Waals surface area contributed by atoms with Crippen LogP contribution in [0.5, 0.6) is 0 Å². The Balaban J connectivity index is 2.05. The third-order valence-electron chi connectivity index (χ3n) is 5.04. The van der Waals surface area contributed by atoms with E-state index in [-0.39, 0.29) is 17.7 Å². The Morgan fingerprint density at radius 2 is 2.10 bits per heavy atom. The summed E-state index contributed by atoms with van der Waals surface area (Å²) in [7, 11) is 1.83. The minimum absolute atomic E-state index is 0.0907. The van der Waals surface area contributed by atoms with E-state index >= 15 is 0 Å². The molecule has 2 amide bonds. The molecule has 0 spiro atoms. The lowest BCUT2D eigenvalue weighted by Crippen LogP contribution is -2.35. The summed E-state index contributed by atoms with van der Waals surface area (Å²) in [6.07, 6.45) is 7.13. The molecule has 0 aromatic carbocycles. The fraction of sp³-hybridized carbons (Fsp3) is 0.478. The van der Waals surface area contributed by atoms with Crippen molar-refractivity contribution in [2.75, 3.05) is 5.32 Å². The molecule has 3 heterocycles.